The standard InChI is InChI=1S/C23H19N3O4/c1-14-2-4-15(5-3-14)12-16-10-11-26-22(16)25-19-13-17(6-7-18(19)23(26)30)24-20(27)8-9-21(28)29/h2-9,12-13H,10-11H2,1H3,(H,24,27)(H,28,29)/b9-8+,16-12?. The zero-order chi connectivity index (χ0) is 21.3. The summed E-state index contributed by atoms with van der Waals surface area (Å²) in [5.74, 6) is -1.15. The number of carboxylic acid groups (broad SMARTS) is 1. The minimum Gasteiger partial charge on any atom is -0.478 e. The number of fused-ring (bicyclic) bond motifs is 2. The van der Waals surface area contributed by atoms with E-state index < -0.39 is 11.9 Å². The third-order valence-corrected chi connectivity index (χ3v) is 4.91. The predicted molar refractivity (Wildman–Crippen MR) is 115 cm³/mol. The minimum atomic E-state index is -1.21. The highest BCUT2D eigenvalue weighted by molar-refractivity contribution is 6.03. The van der Waals surface area contributed by atoms with E-state index in [1.165, 1.54) is 5.56 Å². The lowest BCUT2D eigenvalue weighted by Gasteiger charge is -2.08. The number of aryl methyl sites for hydroxylation is 1. The van der Waals surface area contributed by atoms with Gasteiger partial charge in [-0.1, -0.05) is 29.8 Å². The van der Waals surface area contributed by atoms with E-state index in [-0.39, 0.29) is 5.56 Å². The Morgan fingerprint density at radius 3 is 2.63 bits per heavy atom. The summed E-state index contributed by atoms with van der Waals surface area (Å²) >= 11 is 0. The molecule has 0 bridgehead atoms. The topological polar surface area (TPSA) is 101 Å². The number of rotatable bonds is 4. The number of nitrogens with one attached hydrogen (secondary N) is 1. The van der Waals surface area contributed by atoms with E-state index >= 15 is 0 Å². The maximum absolute atomic E-state index is 12.9. The first-order chi connectivity index (χ1) is 14.4. The molecule has 1 aliphatic rings. The zero-order valence-electron chi connectivity index (χ0n) is 16.3. The highest BCUT2D eigenvalue weighted by atomic mass is 16.4. The molecule has 3 aromatic rings. The molecule has 0 aliphatic carbocycles. The number of aliphatic carboxylic acids is 1. The van der Waals surface area contributed by atoms with Gasteiger partial charge < -0.3 is 10.4 Å². The van der Waals surface area contributed by atoms with Crippen LogP contribution in [0.1, 0.15) is 23.4 Å². The van der Waals surface area contributed by atoms with Crippen molar-refractivity contribution in [3.8, 4) is 0 Å². The quantitative estimate of drug-likeness (QED) is 0.654. The van der Waals surface area contributed by atoms with Crippen molar-refractivity contribution in [3.05, 3.63) is 81.9 Å². The molecule has 30 heavy (non-hydrogen) atoms. The normalized spacial score (nSPS) is 14.4. The van der Waals surface area contributed by atoms with E-state index in [4.69, 9.17) is 5.11 Å². The van der Waals surface area contributed by atoms with Gasteiger partial charge in [-0.3, -0.25) is 14.2 Å². The molecule has 2 N–H and O–H groups in total. The molecule has 1 aromatic heterocycles. The summed E-state index contributed by atoms with van der Waals surface area (Å²) in [5, 5.41) is 11.7. The molecular weight excluding hydrogens is 382 g/mol. The van der Waals surface area contributed by atoms with E-state index in [9.17, 15) is 14.4 Å². The number of benzene rings is 2. The number of aromatic nitrogens is 2. The molecule has 7 heteroatoms. The lowest BCUT2D eigenvalue weighted by Crippen LogP contribution is -2.21. The Bertz CT molecular complexity index is 1280. The molecule has 2 heterocycles. The van der Waals surface area contributed by atoms with Crippen molar-refractivity contribution in [2.75, 3.05) is 5.32 Å². The van der Waals surface area contributed by atoms with Crippen LogP contribution in [0.3, 0.4) is 0 Å². The van der Waals surface area contributed by atoms with Gasteiger partial charge in [0.05, 0.1) is 10.9 Å². The fourth-order valence-electron chi connectivity index (χ4n) is 3.43. The second-order valence-electron chi connectivity index (χ2n) is 7.12. The summed E-state index contributed by atoms with van der Waals surface area (Å²) in [6, 6.07) is 13.0. The molecule has 0 spiro atoms. The lowest BCUT2D eigenvalue weighted by atomic mass is 10.1. The summed E-state index contributed by atoms with van der Waals surface area (Å²) in [5.41, 5.74) is 3.99. The SMILES string of the molecule is Cc1ccc(C=C2CCn3c2nc2cc(NC(=O)/C=C/C(=O)O)ccc2c3=O)cc1. The van der Waals surface area contributed by atoms with E-state index in [2.05, 4.69) is 10.3 Å². The molecule has 0 saturated heterocycles. The Balaban J connectivity index is 1.71. The van der Waals surface area contributed by atoms with Crippen LogP contribution in [0.15, 0.2) is 59.4 Å². The van der Waals surface area contributed by atoms with Crippen LogP contribution >= 0.6 is 0 Å². The van der Waals surface area contributed by atoms with E-state index in [0.29, 0.717) is 29.0 Å². The van der Waals surface area contributed by atoms with Gasteiger partial charge in [0.25, 0.3) is 5.56 Å². The zero-order valence-corrected chi connectivity index (χ0v) is 16.3. The lowest BCUT2D eigenvalue weighted by molar-refractivity contribution is -0.131. The van der Waals surface area contributed by atoms with Crippen LogP contribution in [0.2, 0.25) is 0 Å². The van der Waals surface area contributed by atoms with Crippen molar-refractivity contribution in [2.45, 2.75) is 19.9 Å². The summed E-state index contributed by atoms with van der Waals surface area (Å²) in [7, 11) is 0. The second-order valence-corrected chi connectivity index (χ2v) is 7.12. The van der Waals surface area contributed by atoms with Gasteiger partial charge in [-0.15, -0.1) is 0 Å². The monoisotopic (exact) mass is 401 g/mol. The molecule has 7 nitrogen and oxygen atoms in total. The number of carbonyl (C=O) groups is 2. The van der Waals surface area contributed by atoms with Crippen LogP contribution in [0, 0.1) is 6.92 Å². The molecule has 0 radical (unpaired) electrons. The van der Waals surface area contributed by atoms with Gasteiger partial charge in [-0.05, 0) is 48.8 Å². The van der Waals surface area contributed by atoms with Crippen LogP contribution in [0.25, 0.3) is 22.6 Å². The highest BCUT2D eigenvalue weighted by Crippen LogP contribution is 2.28. The molecule has 0 unspecified atom stereocenters. The Kier molecular flexibility index (Phi) is 5.02. The molecule has 0 atom stereocenters. The summed E-state index contributed by atoms with van der Waals surface area (Å²) in [6.07, 6.45) is 4.45. The largest absolute Gasteiger partial charge is 0.478 e. The van der Waals surface area contributed by atoms with Gasteiger partial charge in [-0.2, -0.15) is 0 Å². The van der Waals surface area contributed by atoms with Gasteiger partial charge in [-0.25, -0.2) is 9.78 Å². The van der Waals surface area contributed by atoms with Crippen LogP contribution in [-0.4, -0.2) is 26.5 Å². The van der Waals surface area contributed by atoms with Crippen molar-refractivity contribution in [1.29, 1.82) is 0 Å². The molecule has 1 amide bonds. The third-order valence-electron chi connectivity index (χ3n) is 4.91. The second kappa shape index (κ2) is 7.79. The number of nitrogens with zero attached hydrogens (tertiary/aromatic N) is 2. The van der Waals surface area contributed by atoms with Crippen molar-refractivity contribution in [1.82, 2.24) is 9.55 Å². The summed E-state index contributed by atoms with van der Waals surface area (Å²) in [4.78, 5) is 40.0. The van der Waals surface area contributed by atoms with Crippen LogP contribution in [-0.2, 0) is 16.1 Å². The Morgan fingerprint density at radius 2 is 1.90 bits per heavy atom. The molecule has 1 aliphatic heterocycles. The van der Waals surface area contributed by atoms with Gasteiger partial charge in [0.15, 0.2) is 0 Å². The number of anilines is 1. The van der Waals surface area contributed by atoms with Crippen molar-refractivity contribution in [3.63, 3.8) is 0 Å². The fraction of sp³-hybridized carbons (Fsp3) is 0.130. The van der Waals surface area contributed by atoms with E-state index in [1.807, 2.05) is 37.3 Å². The average Bonchev–Trinajstić information content (AvgIpc) is 3.11. The predicted octanol–water partition coefficient (Wildman–Crippen LogP) is 3.23. The molecule has 150 valence electrons. The van der Waals surface area contributed by atoms with Crippen LogP contribution < -0.4 is 10.9 Å². The van der Waals surface area contributed by atoms with Crippen LogP contribution in [0.4, 0.5) is 5.69 Å². The van der Waals surface area contributed by atoms with Crippen molar-refractivity contribution in [2.24, 2.45) is 0 Å². The molecule has 0 fully saturated rings. The fourth-order valence-corrected chi connectivity index (χ4v) is 3.43. The number of carboxylic acids is 1. The highest BCUT2D eigenvalue weighted by Gasteiger charge is 2.21. The number of hydrogen-bond donors (Lipinski definition) is 2. The van der Waals surface area contributed by atoms with Gasteiger partial charge >= 0.3 is 5.97 Å². The molecule has 2 aromatic carbocycles. The molecule has 0 saturated carbocycles. The maximum atomic E-state index is 12.9. The van der Waals surface area contributed by atoms with Gasteiger partial charge in [0.1, 0.15) is 5.82 Å². The van der Waals surface area contributed by atoms with Crippen molar-refractivity contribution < 1.29 is 14.7 Å². The Labute approximate surface area is 172 Å². The smallest absolute Gasteiger partial charge is 0.328 e. The van der Waals surface area contributed by atoms with Crippen LogP contribution in [0.5, 0.6) is 0 Å². The Morgan fingerprint density at radius 1 is 1.13 bits per heavy atom. The van der Waals surface area contributed by atoms with E-state index in [0.717, 1.165) is 29.7 Å². The number of carbonyl (C=O) groups excluding carboxylic acids is 1. The summed E-state index contributed by atoms with van der Waals surface area (Å²) < 4.78 is 1.68. The minimum absolute atomic E-state index is 0.119. The number of hydrogen-bond acceptors (Lipinski definition) is 4. The third kappa shape index (κ3) is 3.91. The summed E-state index contributed by atoms with van der Waals surface area (Å²) in [6.45, 7) is 2.61. The van der Waals surface area contributed by atoms with Gasteiger partial charge in [0, 0.05) is 24.4 Å². The first-order valence-corrected chi connectivity index (χ1v) is 9.45. The number of amides is 1. The first kappa shape index (κ1) is 19.3. The first-order valence-electron chi connectivity index (χ1n) is 9.45. The molecule has 4 rings (SSSR count). The Hall–Kier alpha value is -4.00. The number of allylic oxidation sites excluding steroid dienone is 1. The average molecular weight is 401 g/mol. The van der Waals surface area contributed by atoms with Crippen molar-refractivity contribution >= 4 is 40.1 Å². The van der Waals surface area contributed by atoms with Gasteiger partial charge in [0.2, 0.25) is 5.91 Å². The maximum Gasteiger partial charge on any atom is 0.328 e. The van der Waals surface area contributed by atoms with E-state index in [1.54, 1.807) is 22.8 Å². The molecular formula is C23H19N3O4.